The smallest absolute Gasteiger partial charge is 0.107 e. The minimum absolute atomic E-state index is 0.638. The Labute approximate surface area is 83.1 Å². The van der Waals surface area contributed by atoms with E-state index in [1.807, 2.05) is 6.92 Å². The van der Waals surface area contributed by atoms with Crippen molar-refractivity contribution >= 4 is 11.3 Å². The van der Waals surface area contributed by atoms with Crippen LogP contribution in [-0.2, 0) is 17.9 Å². The second-order valence-electron chi connectivity index (χ2n) is 2.65. The SMILES string of the molecule is CCNCc1nc(COCC)cs1. The lowest BCUT2D eigenvalue weighted by atomic mass is 10.5. The maximum atomic E-state index is 5.26. The van der Waals surface area contributed by atoms with Gasteiger partial charge < -0.3 is 10.1 Å². The van der Waals surface area contributed by atoms with Gasteiger partial charge in [0.25, 0.3) is 0 Å². The Balaban J connectivity index is 2.34. The third kappa shape index (κ3) is 3.85. The quantitative estimate of drug-likeness (QED) is 0.760. The fraction of sp³-hybridized carbons (Fsp3) is 0.667. The van der Waals surface area contributed by atoms with E-state index in [0.717, 1.165) is 30.4 Å². The number of ether oxygens (including phenoxy) is 1. The lowest BCUT2D eigenvalue weighted by Crippen LogP contribution is -2.11. The molecule has 4 heteroatoms. The van der Waals surface area contributed by atoms with E-state index in [-0.39, 0.29) is 0 Å². The Kier molecular flexibility index (Phi) is 4.97. The molecule has 0 fully saturated rings. The van der Waals surface area contributed by atoms with Gasteiger partial charge in [0.1, 0.15) is 5.01 Å². The number of nitrogens with one attached hydrogen (secondary N) is 1. The third-order valence-electron chi connectivity index (χ3n) is 1.58. The highest BCUT2D eigenvalue weighted by atomic mass is 32.1. The molecule has 0 saturated carbocycles. The molecule has 0 aromatic carbocycles. The van der Waals surface area contributed by atoms with Crippen molar-refractivity contribution in [2.45, 2.75) is 27.0 Å². The molecule has 0 unspecified atom stereocenters. The monoisotopic (exact) mass is 200 g/mol. The molecule has 0 radical (unpaired) electrons. The highest BCUT2D eigenvalue weighted by molar-refractivity contribution is 7.09. The van der Waals surface area contributed by atoms with Gasteiger partial charge in [0.2, 0.25) is 0 Å². The van der Waals surface area contributed by atoms with E-state index in [9.17, 15) is 0 Å². The third-order valence-corrected chi connectivity index (χ3v) is 2.48. The van der Waals surface area contributed by atoms with Crippen LogP contribution in [0.15, 0.2) is 5.38 Å². The summed E-state index contributed by atoms with van der Waals surface area (Å²) in [6, 6.07) is 0. The zero-order valence-electron chi connectivity index (χ0n) is 8.17. The second-order valence-corrected chi connectivity index (χ2v) is 3.59. The van der Waals surface area contributed by atoms with Crippen molar-refractivity contribution in [1.82, 2.24) is 10.3 Å². The highest BCUT2D eigenvalue weighted by Crippen LogP contribution is 2.10. The molecule has 1 heterocycles. The first-order valence-electron chi connectivity index (χ1n) is 4.58. The predicted octanol–water partition coefficient (Wildman–Crippen LogP) is 1.79. The van der Waals surface area contributed by atoms with E-state index in [1.54, 1.807) is 11.3 Å². The van der Waals surface area contributed by atoms with Crippen molar-refractivity contribution in [3.05, 3.63) is 16.1 Å². The number of hydrogen-bond acceptors (Lipinski definition) is 4. The molecule has 0 aliphatic heterocycles. The minimum Gasteiger partial charge on any atom is -0.375 e. The molecule has 0 aliphatic rings. The average molecular weight is 200 g/mol. The first kappa shape index (κ1) is 10.6. The van der Waals surface area contributed by atoms with Crippen LogP contribution >= 0.6 is 11.3 Å². The molecule has 74 valence electrons. The Morgan fingerprint density at radius 3 is 3.08 bits per heavy atom. The molecule has 0 spiro atoms. The molecule has 3 nitrogen and oxygen atoms in total. The Morgan fingerprint density at radius 2 is 2.38 bits per heavy atom. The first-order chi connectivity index (χ1) is 6.36. The zero-order valence-corrected chi connectivity index (χ0v) is 8.99. The van der Waals surface area contributed by atoms with Crippen LogP contribution in [0.3, 0.4) is 0 Å². The Morgan fingerprint density at radius 1 is 1.54 bits per heavy atom. The summed E-state index contributed by atoms with van der Waals surface area (Å²) in [5, 5.41) is 6.43. The van der Waals surface area contributed by atoms with Crippen LogP contribution in [0.1, 0.15) is 24.5 Å². The van der Waals surface area contributed by atoms with Gasteiger partial charge in [-0.3, -0.25) is 0 Å². The van der Waals surface area contributed by atoms with Gasteiger partial charge in [0, 0.05) is 18.5 Å². The normalized spacial score (nSPS) is 10.6. The second kappa shape index (κ2) is 6.07. The molecule has 0 bridgehead atoms. The molecule has 0 amide bonds. The lowest BCUT2D eigenvalue weighted by Gasteiger charge is -1.96. The summed E-state index contributed by atoms with van der Waals surface area (Å²) in [6.45, 7) is 7.33. The minimum atomic E-state index is 0.638. The van der Waals surface area contributed by atoms with Gasteiger partial charge in [-0.1, -0.05) is 6.92 Å². The molecule has 13 heavy (non-hydrogen) atoms. The van der Waals surface area contributed by atoms with E-state index in [1.165, 1.54) is 0 Å². The fourth-order valence-electron chi connectivity index (χ4n) is 0.935. The summed E-state index contributed by atoms with van der Waals surface area (Å²) in [5.41, 5.74) is 1.04. The van der Waals surface area contributed by atoms with Gasteiger partial charge in [-0.2, -0.15) is 0 Å². The highest BCUT2D eigenvalue weighted by Gasteiger charge is 2.00. The molecule has 1 aromatic heterocycles. The zero-order chi connectivity index (χ0) is 9.52. The maximum absolute atomic E-state index is 5.26. The summed E-state index contributed by atoms with van der Waals surface area (Å²) in [5.74, 6) is 0. The molecule has 1 aromatic rings. The van der Waals surface area contributed by atoms with Gasteiger partial charge in [0.15, 0.2) is 0 Å². The van der Waals surface area contributed by atoms with E-state index in [0.29, 0.717) is 6.61 Å². The largest absolute Gasteiger partial charge is 0.375 e. The first-order valence-corrected chi connectivity index (χ1v) is 5.46. The Bertz CT molecular complexity index is 215. The van der Waals surface area contributed by atoms with Crippen LogP contribution in [0.4, 0.5) is 0 Å². The van der Waals surface area contributed by atoms with Crippen molar-refractivity contribution < 1.29 is 4.74 Å². The molecular formula is C9H16N2OS. The van der Waals surface area contributed by atoms with Crippen molar-refractivity contribution in [3.63, 3.8) is 0 Å². The van der Waals surface area contributed by atoms with Crippen molar-refractivity contribution in [1.29, 1.82) is 0 Å². The topological polar surface area (TPSA) is 34.2 Å². The molecular weight excluding hydrogens is 184 g/mol. The van der Waals surface area contributed by atoms with Crippen molar-refractivity contribution in [2.75, 3.05) is 13.2 Å². The number of rotatable bonds is 6. The fourth-order valence-corrected chi connectivity index (χ4v) is 1.68. The number of nitrogens with zero attached hydrogens (tertiary/aromatic N) is 1. The molecule has 0 aliphatic carbocycles. The number of aromatic nitrogens is 1. The van der Waals surface area contributed by atoms with Crippen LogP contribution in [0.5, 0.6) is 0 Å². The van der Waals surface area contributed by atoms with Gasteiger partial charge in [-0.25, -0.2) is 4.98 Å². The van der Waals surface area contributed by atoms with Gasteiger partial charge in [-0.05, 0) is 13.5 Å². The molecule has 0 saturated heterocycles. The molecule has 1 rings (SSSR count). The van der Waals surface area contributed by atoms with E-state index >= 15 is 0 Å². The van der Waals surface area contributed by atoms with Crippen LogP contribution in [0.25, 0.3) is 0 Å². The summed E-state index contributed by atoms with van der Waals surface area (Å²) in [7, 11) is 0. The summed E-state index contributed by atoms with van der Waals surface area (Å²) < 4.78 is 5.26. The van der Waals surface area contributed by atoms with Crippen molar-refractivity contribution in [2.24, 2.45) is 0 Å². The van der Waals surface area contributed by atoms with Crippen LogP contribution in [-0.4, -0.2) is 18.1 Å². The van der Waals surface area contributed by atoms with Crippen LogP contribution in [0, 0.1) is 0 Å². The summed E-state index contributed by atoms with van der Waals surface area (Å²) in [6.07, 6.45) is 0. The van der Waals surface area contributed by atoms with Crippen LogP contribution < -0.4 is 5.32 Å². The Hall–Kier alpha value is -0.450. The summed E-state index contributed by atoms with van der Waals surface area (Å²) >= 11 is 1.69. The number of hydrogen-bond donors (Lipinski definition) is 1. The molecule has 0 atom stereocenters. The van der Waals surface area contributed by atoms with Crippen molar-refractivity contribution in [3.8, 4) is 0 Å². The maximum Gasteiger partial charge on any atom is 0.107 e. The average Bonchev–Trinajstić information content (AvgIpc) is 2.59. The predicted molar refractivity (Wildman–Crippen MR) is 54.8 cm³/mol. The van der Waals surface area contributed by atoms with Gasteiger partial charge in [-0.15, -0.1) is 11.3 Å². The summed E-state index contributed by atoms with van der Waals surface area (Å²) in [4.78, 5) is 4.42. The molecule has 1 N–H and O–H groups in total. The number of thiazole rings is 1. The van der Waals surface area contributed by atoms with Gasteiger partial charge in [0.05, 0.1) is 12.3 Å². The van der Waals surface area contributed by atoms with Gasteiger partial charge >= 0.3 is 0 Å². The van der Waals surface area contributed by atoms with Crippen LogP contribution in [0.2, 0.25) is 0 Å². The standard InChI is InChI=1S/C9H16N2OS/c1-3-10-5-9-11-8(7-13-9)6-12-4-2/h7,10H,3-6H2,1-2H3. The lowest BCUT2D eigenvalue weighted by molar-refractivity contribution is 0.131. The van der Waals surface area contributed by atoms with E-state index < -0.39 is 0 Å². The van der Waals surface area contributed by atoms with E-state index in [4.69, 9.17) is 4.74 Å². The van der Waals surface area contributed by atoms with E-state index in [2.05, 4.69) is 22.6 Å².